The van der Waals surface area contributed by atoms with E-state index >= 15 is 0 Å². The van der Waals surface area contributed by atoms with E-state index in [2.05, 4.69) is 180 Å². The number of benzene rings is 10. The van der Waals surface area contributed by atoms with E-state index in [9.17, 15) is 0 Å². The molecule has 0 saturated heterocycles. The van der Waals surface area contributed by atoms with Crippen molar-refractivity contribution in [2.75, 3.05) is 0 Å². The van der Waals surface area contributed by atoms with E-state index in [1.54, 1.807) is 0 Å². The number of thiophene rings is 1. The van der Waals surface area contributed by atoms with Gasteiger partial charge < -0.3 is 8.98 Å². The van der Waals surface area contributed by atoms with Crippen molar-refractivity contribution < 1.29 is 4.42 Å². The normalized spacial score (nSPS) is 11.5. The highest BCUT2D eigenvalue weighted by atomic mass is 32.1. The van der Waals surface area contributed by atoms with Gasteiger partial charge in [-0.15, -0.1) is 11.3 Å². The summed E-state index contributed by atoms with van der Waals surface area (Å²) in [6, 6.07) is 81.9. The molecule has 6 heteroatoms. The predicted molar refractivity (Wildman–Crippen MR) is 298 cm³/mol. The van der Waals surface area contributed by atoms with E-state index in [1.807, 2.05) is 79.8 Å². The van der Waals surface area contributed by atoms with Gasteiger partial charge in [-0.1, -0.05) is 178 Å². The van der Waals surface area contributed by atoms with Crippen molar-refractivity contribution in [2.24, 2.45) is 0 Å². The van der Waals surface area contributed by atoms with Crippen molar-refractivity contribution in [2.45, 2.75) is 13.8 Å². The summed E-state index contributed by atoms with van der Waals surface area (Å²) in [6.45, 7) is 4.00. The summed E-state index contributed by atoms with van der Waals surface area (Å²) in [5, 5.41) is 7.11. The summed E-state index contributed by atoms with van der Waals surface area (Å²) < 4.78 is 11.3. The van der Waals surface area contributed by atoms with Crippen LogP contribution in [0.25, 0.3) is 137 Å². The van der Waals surface area contributed by atoms with Gasteiger partial charge >= 0.3 is 0 Å². The molecule has 0 unspecified atom stereocenters. The zero-order valence-electron chi connectivity index (χ0n) is 39.0. The molecule has 14 aromatic rings. The molecule has 336 valence electrons. The predicted octanol–water partition coefficient (Wildman–Crippen LogP) is 18.3. The van der Waals surface area contributed by atoms with Crippen LogP contribution in [-0.4, -0.2) is 19.5 Å². The summed E-state index contributed by atoms with van der Waals surface area (Å²) in [6.07, 6.45) is 0. The Labute approximate surface area is 414 Å². The van der Waals surface area contributed by atoms with Gasteiger partial charge in [-0.25, -0.2) is 15.0 Å². The highest BCUT2D eigenvalue weighted by Gasteiger charge is 2.21. The zero-order chi connectivity index (χ0) is 47.4. The van der Waals surface area contributed by atoms with E-state index in [4.69, 9.17) is 19.4 Å². The molecule has 0 amide bonds. The summed E-state index contributed by atoms with van der Waals surface area (Å²) >= 11 is 1.85. The Hall–Kier alpha value is -8.97. The third-order valence-electron chi connectivity index (χ3n) is 13.4. The highest BCUT2D eigenvalue weighted by molar-refractivity contribution is 7.25. The van der Waals surface area contributed by atoms with E-state index < -0.39 is 0 Å². The largest absolute Gasteiger partial charge is 0.456 e. The topological polar surface area (TPSA) is 56.7 Å². The fourth-order valence-corrected chi connectivity index (χ4v) is 11.3. The Bertz CT molecular complexity index is 4320. The van der Waals surface area contributed by atoms with Crippen LogP contribution in [0.3, 0.4) is 0 Å². The molecule has 14 rings (SSSR count). The minimum absolute atomic E-state index is 0.575. The molecule has 4 heterocycles. The number of fused-ring (bicyclic) bond motifs is 9. The van der Waals surface area contributed by atoms with Crippen LogP contribution in [-0.2, 0) is 0 Å². The number of aromatic nitrogens is 4. The molecular weight excluding hydrogens is 885 g/mol. The Morgan fingerprint density at radius 3 is 1.72 bits per heavy atom. The second-order valence-electron chi connectivity index (χ2n) is 17.6. The van der Waals surface area contributed by atoms with Gasteiger partial charge in [0.1, 0.15) is 11.2 Å². The number of hydrogen-bond acceptors (Lipinski definition) is 5. The lowest BCUT2D eigenvalue weighted by atomic mass is 9.93. The molecule has 0 radical (unpaired) electrons. The smallest absolute Gasteiger partial charge is 0.164 e. The summed E-state index contributed by atoms with van der Waals surface area (Å²) in [5.74, 6) is 1.76. The Kier molecular flexibility index (Phi) is 10.4. The van der Waals surface area contributed by atoms with Crippen molar-refractivity contribution in [1.82, 2.24) is 19.5 Å². The zero-order valence-corrected chi connectivity index (χ0v) is 39.9. The van der Waals surface area contributed by atoms with Gasteiger partial charge in [-0.3, -0.25) is 0 Å². The highest BCUT2D eigenvalue weighted by Crippen LogP contribution is 2.43. The van der Waals surface area contributed by atoms with E-state index in [0.29, 0.717) is 17.5 Å². The van der Waals surface area contributed by atoms with Crippen molar-refractivity contribution in [1.29, 1.82) is 0 Å². The lowest BCUT2D eigenvalue weighted by Crippen LogP contribution is -2.01. The Morgan fingerprint density at radius 1 is 0.338 bits per heavy atom. The van der Waals surface area contributed by atoms with E-state index in [1.165, 1.54) is 53.2 Å². The number of nitrogens with zero attached hydrogens (tertiary/aromatic N) is 4. The van der Waals surface area contributed by atoms with Crippen LogP contribution in [0.4, 0.5) is 0 Å². The van der Waals surface area contributed by atoms with Crippen LogP contribution < -0.4 is 0 Å². The quantitative estimate of drug-likeness (QED) is 0.160. The summed E-state index contributed by atoms with van der Waals surface area (Å²) in [4.78, 5) is 15.5. The first kappa shape index (κ1) is 42.2. The minimum Gasteiger partial charge on any atom is -0.456 e. The van der Waals surface area contributed by atoms with Crippen molar-refractivity contribution in [3.05, 3.63) is 231 Å². The maximum atomic E-state index is 6.33. The van der Waals surface area contributed by atoms with Gasteiger partial charge in [0.05, 0.1) is 11.0 Å². The molecular formula is C65H44N4OS. The molecule has 71 heavy (non-hydrogen) atoms. The number of furan rings is 1. The van der Waals surface area contributed by atoms with Gasteiger partial charge in [0.25, 0.3) is 0 Å². The average molecular weight is 929 g/mol. The fourth-order valence-electron chi connectivity index (χ4n) is 10.2. The molecule has 5 nitrogen and oxygen atoms in total. The van der Waals surface area contributed by atoms with Crippen molar-refractivity contribution >= 4 is 75.3 Å². The van der Waals surface area contributed by atoms with Crippen molar-refractivity contribution in [3.8, 4) is 73.2 Å². The molecule has 0 fully saturated rings. The van der Waals surface area contributed by atoms with Gasteiger partial charge in [-0.05, 0) is 94.5 Å². The number of hydrogen-bond donors (Lipinski definition) is 0. The minimum atomic E-state index is 0.575. The lowest BCUT2D eigenvalue weighted by Gasteiger charge is -2.15. The Morgan fingerprint density at radius 2 is 0.901 bits per heavy atom. The summed E-state index contributed by atoms with van der Waals surface area (Å²) in [7, 11) is 0. The molecule has 0 spiro atoms. The maximum absolute atomic E-state index is 6.33. The van der Waals surface area contributed by atoms with Gasteiger partial charge in [-0.2, -0.15) is 0 Å². The third kappa shape index (κ3) is 7.36. The monoisotopic (exact) mass is 928 g/mol. The lowest BCUT2D eigenvalue weighted by molar-refractivity contribution is 0.669. The van der Waals surface area contributed by atoms with Gasteiger partial charge in [0.15, 0.2) is 17.5 Å². The first-order valence-corrected chi connectivity index (χ1v) is 25.0. The maximum Gasteiger partial charge on any atom is 0.164 e. The van der Waals surface area contributed by atoms with Crippen molar-refractivity contribution in [3.63, 3.8) is 0 Å². The van der Waals surface area contributed by atoms with Crippen LogP contribution in [0, 0.1) is 0 Å². The molecule has 0 saturated carbocycles. The molecule has 4 aromatic heterocycles. The molecule has 0 aliphatic carbocycles. The Balaban J connectivity index is 0.00000243. The molecule has 0 atom stereocenters. The van der Waals surface area contributed by atoms with Crippen LogP contribution in [0.1, 0.15) is 13.8 Å². The average Bonchev–Trinajstić information content (AvgIpc) is 4.13. The number of rotatable bonds is 7. The first-order chi connectivity index (χ1) is 35.2. The van der Waals surface area contributed by atoms with E-state index in [0.717, 1.165) is 66.5 Å². The SMILES string of the molecule is CC.c1ccc(-c2cc(-c3cccc(-c4ccc5c(c4)sc4ccccc45)c3)c3c(c2)c2ccccc2n3-c2cccc(-c3nc(-c4ccccc4)nc(-c4ccc5c(c4)oc4ccccc45)n3)c2)cc1. The van der Waals surface area contributed by atoms with Crippen LogP contribution in [0.15, 0.2) is 235 Å². The molecule has 0 aliphatic rings. The molecule has 10 aromatic carbocycles. The van der Waals surface area contributed by atoms with Crippen LogP contribution in [0.5, 0.6) is 0 Å². The third-order valence-corrected chi connectivity index (χ3v) is 14.6. The standard InChI is InChI=1S/C63H38N4OS.C2H6/c1-3-15-39(16-4-1)46-35-53(43-20-13-19-41(33-43)42-29-32-52-51-25-9-12-28-58(51)69-59(52)38-42)60-54(36-46)48-23-7-10-26-55(48)67(60)47-22-14-21-44(34-47)62-64-61(40-17-5-2-6-18-40)65-63(66-62)45-30-31-50-49-24-8-11-27-56(49)68-57(50)37-45;1-2/h1-38H;1-2H3. The first-order valence-electron chi connectivity index (χ1n) is 24.2. The fraction of sp³-hybridized carbons (Fsp3) is 0.0308. The molecule has 0 aliphatic heterocycles. The van der Waals surface area contributed by atoms with Crippen LogP contribution in [0.2, 0.25) is 0 Å². The second kappa shape index (κ2) is 17.5. The number of para-hydroxylation sites is 2. The van der Waals surface area contributed by atoms with Crippen LogP contribution >= 0.6 is 11.3 Å². The molecule has 0 bridgehead atoms. The second-order valence-corrected chi connectivity index (χ2v) is 18.6. The van der Waals surface area contributed by atoms with E-state index in [-0.39, 0.29) is 0 Å². The van der Waals surface area contributed by atoms with Gasteiger partial charge in [0.2, 0.25) is 0 Å². The van der Waals surface area contributed by atoms with Gasteiger partial charge in [0, 0.05) is 69.7 Å². The molecule has 0 N–H and O–H groups in total. The summed E-state index contributed by atoms with van der Waals surface area (Å²) in [5.41, 5.74) is 14.5.